The van der Waals surface area contributed by atoms with Gasteiger partial charge in [0.15, 0.2) is 8.32 Å². The van der Waals surface area contributed by atoms with Crippen LogP contribution in [0.15, 0.2) is 35.6 Å². The minimum absolute atomic E-state index is 0.0210. The number of rotatable bonds is 8. The summed E-state index contributed by atoms with van der Waals surface area (Å²) in [6, 6.07) is -0.628. The fraction of sp³-hybridized carbons (Fsp3) is 0.609. The van der Waals surface area contributed by atoms with E-state index < -0.39 is 26.4 Å². The highest BCUT2D eigenvalue weighted by Gasteiger charge is 2.57. The Hall–Kier alpha value is -2.43. The number of amides is 2. The van der Waals surface area contributed by atoms with Crippen LogP contribution < -0.4 is 0 Å². The molecule has 1 N–H and O–H groups in total. The number of hydrogen-bond acceptors (Lipinski definition) is 6. The van der Waals surface area contributed by atoms with Gasteiger partial charge in [-0.15, -0.1) is 0 Å². The Morgan fingerprint density at radius 3 is 2.67 bits per heavy atom. The van der Waals surface area contributed by atoms with Crippen LogP contribution in [0.2, 0.25) is 19.6 Å². The van der Waals surface area contributed by atoms with Gasteiger partial charge in [-0.25, -0.2) is 9.59 Å². The summed E-state index contributed by atoms with van der Waals surface area (Å²) in [5.41, 5.74) is 1.34. The first-order chi connectivity index (χ1) is 15.5. The van der Waals surface area contributed by atoms with Crippen LogP contribution >= 0.6 is 0 Å². The molecule has 3 heterocycles. The van der Waals surface area contributed by atoms with Crippen molar-refractivity contribution in [3.8, 4) is 0 Å². The largest absolute Gasteiger partial charge is 0.477 e. The van der Waals surface area contributed by atoms with Crippen molar-refractivity contribution >= 4 is 26.3 Å². The number of carbonyl (C=O) groups is 3. The number of carboxylic acids is 1. The number of aliphatic carboxylic acids is 1. The smallest absolute Gasteiger partial charge is 0.410 e. The molecule has 0 unspecified atom stereocenters. The number of allylic oxidation sites excluding steroid dienone is 1. The average Bonchev–Trinajstić information content (AvgIpc) is 3.06. The number of hydrogen-bond donors (Lipinski definition) is 1. The van der Waals surface area contributed by atoms with Crippen molar-refractivity contribution in [2.24, 2.45) is 5.92 Å². The minimum atomic E-state index is -1.86. The maximum absolute atomic E-state index is 12.9. The second kappa shape index (κ2) is 9.82. The minimum Gasteiger partial charge on any atom is -0.477 e. The molecule has 0 aromatic carbocycles. The van der Waals surface area contributed by atoms with E-state index in [-0.39, 0.29) is 42.9 Å². The Kier molecular flexibility index (Phi) is 7.50. The third kappa shape index (κ3) is 5.23. The lowest BCUT2D eigenvalue weighted by Crippen LogP contribution is -2.63. The second-order valence-electron chi connectivity index (χ2n) is 9.62. The van der Waals surface area contributed by atoms with Gasteiger partial charge in [-0.05, 0) is 51.1 Å². The molecule has 0 spiro atoms. The quantitative estimate of drug-likeness (QED) is 0.325. The Bertz CT molecular complexity index is 892. The standard InChI is InChI=1S/C23H34N2O7Si/c1-7-9-31-23(29)24-8-10-30-13-16(24)11-14(2)17-12-18-19(15(3)32-33(4,5)6)21(26)25(18)20(17)22(27)28/h7,11,15-16,18-19H,1,8-10,12-13H2,2-6H3,(H,27,28)/b14-11+/t15-,16-,18-,19-/m1/s1. The van der Waals surface area contributed by atoms with E-state index in [1.807, 2.05) is 19.9 Å². The first kappa shape index (κ1) is 25.2. The highest BCUT2D eigenvalue weighted by molar-refractivity contribution is 6.69. The number of ether oxygens (including phenoxy) is 2. The molecular weight excluding hydrogens is 444 g/mol. The van der Waals surface area contributed by atoms with Crippen LogP contribution in [-0.4, -0.2) is 85.7 Å². The van der Waals surface area contributed by atoms with E-state index >= 15 is 0 Å². The van der Waals surface area contributed by atoms with Gasteiger partial charge in [0.1, 0.15) is 12.3 Å². The van der Waals surface area contributed by atoms with Gasteiger partial charge in [0.2, 0.25) is 5.91 Å². The summed E-state index contributed by atoms with van der Waals surface area (Å²) in [4.78, 5) is 40.5. The summed E-state index contributed by atoms with van der Waals surface area (Å²) in [7, 11) is -1.86. The number of nitrogens with zero attached hydrogens (tertiary/aromatic N) is 2. The normalized spacial score (nSPS) is 26.6. The van der Waals surface area contributed by atoms with Crippen molar-refractivity contribution in [2.45, 2.75) is 58.1 Å². The maximum Gasteiger partial charge on any atom is 0.410 e. The van der Waals surface area contributed by atoms with Gasteiger partial charge in [-0.1, -0.05) is 18.7 Å². The molecule has 10 heteroatoms. The van der Waals surface area contributed by atoms with Gasteiger partial charge in [0.25, 0.3) is 0 Å². The van der Waals surface area contributed by atoms with Crippen LogP contribution in [0, 0.1) is 5.92 Å². The SMILES string of the molecule is C=CCOC(=O)N1CCOC[C@H]1/C=C(\C)C1=C(C(=O)O)N2C(=O)[C@H]([C@@H](C)O[Si](C)(C)C)[C@H]2C1. The molecule has 3 aliphatic heterocycles. The van der Waals surface area contributed by atoms with Gasteiger partial charge in [-0.2, -0.15) is 0 Å². The zero-order chi connectivity index (χ0) is 24.5. The first-order valence-corrected chi connectivity index (χ1v) is 14.6. The fourth-order valence-electron chi connectivity index (χ4n) is 4.83. The Labute approximate surface area is 195 Å². The van der Waals surface area contributed by atoms with Gasteiger partial charge in [0.05, 0.1) is 37.3 Å². The van der Waals surface area contributed by atoms with Gasteiger partial charge in [0, 0.05) is 6.54 Å². The summed E-state index contributed by atoms with van der Waals surface area (Å²) in [6.45, 7) is 14.6. The molecule has 33 heavy (non-hydrogen) atoms. The summed E-state index contributed by atoms with van der Waals surface area (Å²) >= 11 is 0. The first-order valence-electron chi connectivity index (χ1n) is 11.2. The van der Waals surface area contributed by atoms with Gasteiger partial charge in [-0.3, -0.25) is 9.69 Å². The number of β-lactam (4-membered cyclic amide) rings is 1. The summed E-state index contributed by atoms with van der Waals surface area (Å²) in [6.07, 6.45) is 3.03. The van der Waals surface area contributed by atoms with Crippen LogP contribution in [0.25, 0.3) is 0 Å². The molecule has 0 radical (unpaired) electrons. The molecule has 0 aromatic rings. The predicted octanol–water partition coefficient (Wildman–Crippen LogP) is 2.77. The van der Waals surface area contributed by atoms with Crippen molar-refractivity contribution in [3.63, 3.8) is 0 Å². The number of fused-ring (bicyclic) bond motifs is 1. The molecule has 2 fully saturated rings. The summed E-state index contributed by atoms with van der Waals surface area (Å²) in [5.74, 6) is -1.70. The molecule has 0 saturated carbocycles. The van der Waals surface area contributed by atoms with Gasteiger partial charge >= 0.3 is 12.1 Å². The van der Waals surface area contributed by atoms with Crippen LogP contribution in [0.3, 0.4) is 0 Å². The lowest BCUT2D eigenvalue weighted by molar-refractivity contribution is -0.160. The lowest BCUT2D eigenvalue weighted by atomic mass is 9.82. The Balaban J connectivity index is 1.83. The van der Waals surface area contributed by atoms with Crippen molar-refractivity contribution in [1.29, 1.82) is 0 Å². The van der Waals surface area contributed by atoms with E-state index in [2.05, 4.69) is 26.2 Å². The van der Waals surface area contributed by atoms with Gasteiger partial charge < -0.3 is 23.9 Å². The van der Waals surface area contributed by atoms with E-state index in [0.717, 1.165) is 0 Å². The van der Waals surface area contributed by atoms with Crippen molar-refractivity contribution in [2.75, 3.05) is 26.4 Å². The topological polar surface area (TPSA) is 106 Å². The molecule has 2 amide bonds. The molecule has 0 bridgehead atoms. The number of carbonyl (C=O) groups excluding carboxylic acids is 2. The zero-order valence-electron chi connectivity index (χ0n) is 20.0. The van der Waals surface area contributed by atoms with E-state index in [0.29, 0.717) is 30.7 Å². The van der Waals surface area contributed by atoms with E-state index in [1.165, 1.54) is 11.0 Å². The van der Waals surface area contributed by atoms with Crippen LogP contribution in [0.5, 0.6) is 0 Å². The van der Waals surface area contributed by atoms with Crippen LogP contribution in [0.1, 0.15) is 20.3 Å². The summed E-state index contributed by atoms with van der Waals surface area (Å²) < 4.78 is 16.9. The van der Waals surface area contributed by atoms with E-state index in [9.17, 15) is 19.5 Å². The third-order valence-electron chi connectivity index (χ3n) is 6.10. The molecule has 3 rings (SSSR count). The highest BCUT2D eigenvalue weighted by Crippen LogP contribution is 2.46. The maximum atomic E-state index is 12.9. The monoisotopic (exact) mass is 478 g/mol. The van der Waals surface area contributed by atoms with Crippen molar-refractivity contribution in [1.82, 2.24) is 9.80 Å². The van der Waals surface area contributed by atoms with Crippen molar-refractivity contribution < 1.29 is 33.4 Å². The van der Waals surface area contributed by atoms with E-state index in [1.54, 1.807) is 4.90 Å². The van der Waals surface area contributed by atoms with E-state index in [4.69, 9.17) is 13.9 Å². The number of morpholine rings is 1. The Morgan fingerprint density at radius 1 is 1.36 bits per heavy atom. The second-order valence-corrected chi connectivity index (χ2v) is 14.1. The molecule has 4 atom stereocenters. The Morgan fingerprint density at radius 2 is 2.06 bits per heavy atom. The van der Waals surface area contributed by atoms with Crippen LogP contribution in [-0.2, 0) is 23.5 Å². The highest BCUT2D eigenvalue weighted by atomic mass is 28.4. The van der Waals surface area contributed by atoms with Crippen molar-refractivity contribution in [3.05, 3.63) is 35.6 Å². The molecule has 9 nitrogen and oxygen atoms in total. The third-order valence-corrected chi connectivity index (χ3v) is 7.18. The molecule has 0 aliphatic carbocycles. The molecule has 2 saturated heterocycles. The molecule has 0 aromatic heterocycles. The zero-order valence-corrected chi connectivity index (χ0v) is 21.0. The molecular formula is C23H34N2O7Si. The number of carboxylic acid groups (broad SMARTS) is 1. The predicted molar refractivity (Wildman–Crippen MR) is 124 cm³/mol. The molecule has 3 aliphatic rings. The van der Waals surface area contributed by atoms with Crippen LogP contribution in [0.4, 0.5) is 4.79 Å². The lowest BCUT2D eigenvalue weighted by Gasteiger charge is -2.47. The molecule has 182 valence electrons. The summed E-state index contributed by atoms with van der Waals surface area (Å²) in [5, 5.41) is 9.90. The fourth-order valence-corrected chi connectivity index (χ4v) is 6.09. The average molecular weight is 479 g/mol.